The molecule has 5 heteroatoms. The fraction of sp³-hybridized carbons (Fsp3) is 0.636. The third-order valence-corrected chi connectivity index (χ3v) is 5.04. The zero-order chi connectivity index (χ0) is 20.7. The van der Waals surface area contributed by atoms with Gasteiger partial charge >= 0.3 is 5.97 Å². The van der Waals surface area contributed by atoms with Crippen LogP contribution in [0, 0.1) is 0 Å². The largest absolute Gasteiger partial charge is 0.480 e. The summed E-state index contributed by atoms with van der Waals surface area (Å²) in [6.45, 7) is 10.5. The van der Waals surface area contributed by atoms with Crippen LogP contribution in [0.4, 0.5) is 0 Å². The van der Waals surface area contributed by atoms with E-state index in [0.717, 1.165) is 37.9 Å². The van der Waals surface area contributed by atoms with Gasteiger partial charge in [-0.15, -0.1) is 0 Å². The minimum atomic E-state index is -0.971. The van der Waals surface area contributed by atoms with E-state index < -0.39 is 12.0 Å². The van der Waals surface area contributed by atoms with Crippen molar-refractivity contribution in [3.05, 3.63) is 34.9 Å². The van der Waals surface area contributed by atoms with Crippen molar-refractivity contribution in [1.29, 1.82) is 0 Å². The number of rotatable bonds is 14. The van der Waals surface area contributed by atoms with E-state index in [2.05, 4.69) is 51.2 Å². The molecule has 0 fully saturated rings. The maximum atomic E-state index is 11.6. The summed E-state index contributed by atoms with van der Waals surface area (Å²) in [5, 5.41) is 11.8. The average Bonchev–Trinajstić information content (AvgIpc) is 2.57. The zero-order valence-electron chi connectivity index (χ0n) is 17.6. The molecule has 0 spiro atoms. The van der Waals surface area contributed by atoms with Gasteiger partial charge in [0.2, 0.25) is 5.91 Å². The Morgan fingerprint density at radius 1 is 0.963 bits per heavy atom. The first-order valence-corrected chi connectivity index (χ1v) is 11.0. The Morgan fingerprint density at radius 3 is 2.11 bits per heavy atom. The third kappa shape index (κ3) is 15.3. The molecule has 1 atom stereocenters. The number of hydrogen-bond acceptors (Lipinski definition) is 3. The predicted octanol–water partition coefficient (Wildman–Crippen LogP) is 5.51. The van der Waals surface area contributed by atoms with E-state index >= 15 is 0 Å². The molecule has 0 heterocycles. The number of aliphatic carboxylic acids is 1. The molecule has 4 nitrogen and oxygen atoms in total. The van der Waals surface area contributed by atoms with Crippen molar-refractivity contribution in [3.8, 4) is 0 Å². The molecule has 1 unspecified atom stereocenters. The van der Waals surface area contributed by atoms with Crippen LogP contribution in [-0.2, 0) is 9.59 Å². The summed E-state index contributed by atoms with van der Waals surface area (Å²) >= 11 is 1.54. The number of carboxylic acids is 1. The summed E-state index contributed by atoms with van der Waals surface area (Å²) in [5.41, 5.74) is 4.12. The van der Waals surface area contributed by atoms with Gasteiger partial charge in [-0.05, 0) is 59.8 Å². The molecule has 0 aliphatic rings. The first kappa shape index (κ1) is 25.5. The molecule has 0 bridgehead atoms. The van der Waals surface area contributed by atoms with Crippen molar-refractivity contribution in [2.24, 2.45) is 0 Å². The smallest absolute Gasteiger partial charge is 0.327 e. The lowest BCUT2D eigenvalue weighted by Gasteiger charge is -2.13. The van der Waals surface area contributed by atoms with Gasteiger partial charge in [0.05, 0.1) is 0 Å². The van der Waals surface area contributed by atoms with Crippen LogP contribution in [-0.4, -0.2) is 34.5 Å². The van der Waals surface area contributed by atoms with Crippen molar-refractivity contribution in [1.82, 2.24) is 5.32 Å². The van der Waals surface area contributed by atoms with Gasteiger partial charge in [-0.25, -0.2) is 4.79 Å². The lowest BCUT2D eigenvalue weighted by molar-refractivity contribution is -0.141. The lowest BCUT2D eigenvalue weighted by Crippen LogP contribution is -2.42. The monoisotopic (exact) mass is 395 g/mol. The second-order valence-electron chi connectivity index (χ2n) is 7.21. The predicted molar refractivity (Wildman–Crippen MR) is 117 cm³/mol. The van der Waals surface area contributed by atoms with Crippen LogP contribution in [0.3, 0.4) is 0 Å². The topological polar surface area (TPSA) is 66.4 Å². The van der Waals surface area contributed by atoms with Crippen LogP contribution in [0.25, 0.3) is 0 Å². The third-order valence-electron chi connectivity index (χ3n) is 4.07. The molecule has 27 heavy (non-hydrogen) atoms. The number of carbonyl (C=O) groups is 2. The van der Waals surface area contributed by atoms with Crippen molar-refractivity contribution in [2.45, 2.75) is 79.2 Å². The number of carbonyl (C=O) groups excluding carboxylic acids is 1. The molecule has 1 amide bonds. The molecule has 0 radical (unpaired) electrons. The van der Waals surface area contributed by atoms with Crippen LogP contribution in [0.5, 0.6) is 0 Å². The van der Waals surface area contributed by atoms with Crippen LogP contribution in [0.2, 0.25) is 0 Å². The van der Waals surface area contributed by atoms with Crippen molar-refractivity contribution < 1.29 is 14.7 Å². The van der Waals surface area contributed by atoms with Crippen molar-refractivity contribution in [3.63, 3.8) is 0 Å². The number of carboxylic acid groups (broad SMARTS) is 1. The maximum absolute atomic E-state index is 11.6. The minimum Gasteiger partial charge on any atom is -0.480 e. The Morgan fingerprint density at radius 2 is 1.56 bits per heavy atom. The minimum absolute atomic E-state index is 0.191. The molecule has 0 saturated heterocycles. The molecule has 0 aliphatic carbocycles. The number of hydrogen-bond donors (Lipinski definition) is 2. The SMILES string of the molecule is CCCC(=O)NC(CSC/C=C(\C)CC/C=C(\C)CCC=C(C)C)C(=O)O. The van der Waals surface area contributed by atoms with E-state index in [1.165, 1.54) is 28.5 Å². The van der Waals surface area contributed by atoms with Crippen LogP contribution in [0.1, 0.15) is 73.1 Å². The van der Waals surface area contributed by atoms with Crippen LogP contribution < -0.4 is 5.32 Å². The van der Waals surface area contributed by atoms with Gasteiger partial charge in [0.25, 0.3) is 0 Å². The number of allylic oxidation sites excluding steroid dienone is 5. The summed E-state index contributed by atoms with van der Waals surface area (Å²) in [6.07, 6.45) is 12.1. The van der Waals surface area contributed by atoms with Gasteiger partial charge in [-0.3, -0.25) is 4.79 Å². The summed E-state index contributed by atoms with van der Waals surface area (Å²) < 4.78 is 0. The van der Waals surface area contributed by atoms with E-state index in [0.29, 0.717) is 12.2 Å². The van der Waals surface area contributed by atoms with E-state index in [4.69, 9.17) is 0 Å². The Hall–Kier alpha value is -1.49. The summed E-state index contributed by atoms with van der Waals surface area (Å²) in [7, 11) is 0. The molecular formula is C22H37NO3S. The highest BCUT2D eigenvalue weighted by molar-refractivity contribution is 7.99. The van der Waals surface area contributed by atoms with Gasteiger partial charge in [0.1, 0.15) is 6.04 Å². The summed E-state index contributed by atoms with van der Waals surface area (Å²) in [5.74, 6) is -0.00847. The highest BCUT2D eigenvalue weighted by atomic mass is 32.2. The Bertz CT molecular complexity index is 546. The highest BCUT2D eigenvalue weighted by Crippen LogP contribution is 2.13. The lowest BCUT2D eigenvalue weighted by atomic mass is 10.1. The number of amides is 1. The fourth-order valence-corrected chi connectivity index (χ4v) is 3.39. The molecular weight excluding hydrogens is 358 g/mol. The van der Waals surface area contributed by atoms with Gasteiger partial charge in [-0.1, -0.05) is 41.9 Å². The van der Waals surface area contributed by atoms with Crippen molar-refractivity contribution >= 4 is 23.6 Å². The summed E-state index contributed by atoms with van der Waals surface area (Å²) in [4.78, 5) is 22.8. The van der Waals surface area contributed by atoms with Gasteiger partial charge in [0, 0.05) is 17.9 Å². The Balaban J connectivity index is 4.14. The molecule has 154 valence electrons. The van der Waals surface area contributed by atoms with E-state index in [-0.39, 0.29) is 5.91 Å². The Kier molecular flexibility index (Phi) is 14.7. The van der Waals surface area contributed by atoms with E-state index in [1.54, 1.807) is 0 Å². The molecule has 0 aromatic heterocycles. The quantitative estimate of drug-likeness (QED) is 0.301. The molecule has 0 rings (SSSR count). The molecule has 0 aromatic carbocycles. The first-order valence-electron chi connectivity index (χ1n) is 9.80. The maximum Gasteiger partial charge on any atom is 0.327 e. The van der Waals surface area contributed by atoms with Gasteiger partial charge in [-0.2, -0.15) is 11.8 Å². The van der Waals surface area contributed by atoms with Crippen LogP contribution >= 0.6 is 11.8 Å². The zero-order valence-corrected chi connectivity index (χ0v) is 18.5. The van der Waals surface area contributed by atoms with E-state index in [1.807, 2.05) is 6.92 Å². The highest BCUT2D eigenvalue weighted by Gasteiger charge is 2.18. The molecule has 0 aromatic rings. The van der Waals surface area contributed by atoms with Gasteiger partial charge < -0.3 is 10.4 Å². The number of thioether (sulfide) groups is 1. The Labute approximate surface area is 169 Å². The van der Waals surface area contributed by atoms with Crippen LogP contribution in [0.15, 0.2) is 34.9 Å². The molecule has 0 aliphatic heterocycles. The molecule has 2 N–H and O–H groups in total. The first-order chi connectivity index (χ1) is 12.8. The second kappa shape index (κ2) is 15.6. The number of nitrogens with one attached hydrogen (secondary N) is 1. The standard InChI is InChI=1S/C22H37NO3S/c1-6-9-21(24)23-20(22(25)26)16-27-15-14-19(5)13-8-12-18(4)11-7-10-17(2)3/h10,12,14,20H,6-9,11,13,15-16H2,1-5H3,(H,23,24)(H,25,26)/b18-12+,19-14+. The second-order valence-corrected chi connectivity index (χ2v) is 8.28. The van der Waals surface area contributed by atoms with Gasteiger partial charge in [0.15, 0.2) is 0 Å². The van der Waals surface area contributed by atoms with Crippen molar-refractivity contribution in [2.75, 3.05) is 11.5 Å². The molecule has 0 saturated carbocycles. The average molecular weight is 396 g/mol. The normalized spacial score (nSPS) is 13.2. The summed E-state index contributed by atoms with van der Waals surface area (Å²) in [6, 6.07) is -0.811. The van der Waals surface area contributed by atoms with E-state index in [9.17, 15) is 14.7 Å². The fourth-order valence-electron chi connectivity index (χ4n) is 2.39.